The molecule has 1 saturated heterocycles. The normalized spacial score (nSPS) is 31.3. The maximum atomic E-state index is 13.3. The standard InChI is InChI=1S/C22H30BrN5O2S/c1-27-9-11-28(12-10-27)8-2-7-24-19(29)17-14-3-4-15(22(14)5-6-22)18(17)20(30)26-21-25-13-16(23)31-21/h3-4,13-15,17-18H,2,5-12H2,1H3,(H,24,29)(H,25,26,30)/t14-,15+,17-,18-/m1/s1. The molecule has 3 aliphatic carbocycles. The van der Waals surface area contributed by atoms with E-state index in [1.54, 1.807) is 6.20 Å². The van der Waals surface area contributed by atoms with Crippen LogP contribution in [0.15, 0.2) is 22.1 Å². The van der Waals surface area contributed by atoms with E-state index in [9.17, 15) is 9.59 Å². The van der Waals surface area contributed by atoms with Gasteiger partial charge in [-0.1, -0.05) is 23.5 Å². The van der Waals surface area contributed by atoms with Crippen LogP contribution in [0.5, 0.6) is 0 Å². The van der Waals surface area contributed by atoms with Crippen molar-refractivity contribution in [3.63, 3.8) is 0 Å². The molecule has 4 atom stereocenters. The zero-order chi connectivity index (χ0) is 21.6. The smallest absolute Gasteiger partial charge is 0.230 e. The fraction of sp³-hybridized carbons (Fsp3) is 0.682. The summed E-state index contributed by atoms with van der Waals surface area (Å²) >= 11 is 4.79. The number of allylic oxidation sites excluding steroid dienone is 2. The molecule has 0 radical (unpaired) electrons. The third-order valence-electron chi connectivity index (χ3n) is 7.70. The maximum Gasteiger partial charge on any atom is 0.230 e. The van der Waals surface area contributed by atoms with E-state index >= 15 is 0 Å². The Morgan fingerprint density at radius 3 is 2.45 bits per heavy atom. The van der Waals surface area contributed by atoms with E-state index in [-0.39, 0.29) is 40.9 Å². The summed E-state index contributed by atoms with van der Waals surface area (Å²) < 4.78 is 0.879. The number of carbonyl (C=O) groups excluding carboxylic acids is 2. The minimum Gasteiger partial charge on any atom is -0.356 e. The Balaban J connectivity index is 1.20. The molecule has 4 aliphatic rings. The van der Waals surface area contributed by atoms with Gasteiger partial charge in [0.2, 0.25) is 11.8 Å². The van der Waals surface area contributed by atoms with Crippen molar-refractivity contribution in [2.24, 2.45) is 29.1 Å². The largest absolute Gasteiger partial charge is 0.356 e. The maximum absolute atomic E-state index is 13.3. The van der Waals surface area contributed by atoms with Crippen LogP contribution in [0.1, 0.15) is 19.3 Å². The molecule has 0 unspecified atom stereocenters. The number of piperazine rings is 1. The minimum atomic E-state index is -0.308. The van der Waals surface area contributed by atoms with E-state index in [1.807, 2.05) is 0 Å². The van der Waals surface area contributed by atoms with Crippen LogP contribution in [-0.4, -0.2) is 72.9 Å². The highest BCUT2D eigenvalue weighted by atomic mass is 79.9. The molecule has 7 nitrogen and oxygen atoms in total. The lowest BCUT2D eigenvalue weighted by atomic mass is 9.81. The van der Waals surface area contributed by atoms with Gasteiger partial charge in [0.25, 0.3) is 0 Å². The SMILES string of the molecule is CN1CCN(CCCNC(=O)[C@H]2[C@H](C(=O)Nc3ncc(Br)s3)[C@@H]3C=C[C@H]2C32CC2)CC1. The number of nitrogens with one attached hydrogen (secondary N) is 2. The Hall–Kier alpha value is -1.29. The fourth-order valence-corrected chi connectivity index (χ4v) is 7.02. The minimum absolute atomic E-state index is 0.0435. The number of carbonyl (C=O) groups is 2. The number of anilines is 1. The summed E-state index contributed by atoms with van der Waals surface area (Å²) in [5.41, 5.74) is 0.146. The molecule has 2 amide bonds. The molecule has 1 aliphatic heterocycles. The fourth-order valence-electron chi connectivity index (χ4n) is 5.91. The lowest BCUT2D eigenvalue weighted by molar-refractivity contribution is -0.132. The monoisotopic (exact) mass is 507 g/mol. The summed E-state index contributed by atoms with van der Waals surface area (Å²) in [5, 5.41) is 6.72. The average Bonchev–Trinajstić information content (AvgIpc) is 3.25. The van der Waals surface area contributed by atoms with Crippen molar-refractivity contribution in [1.82, 2.24) is 20.1 Å². The second-order valence-electron chi connectivity index (χ2n) is 9.47. The summed E-state index contributed by atoms with van der Waals surface area (Å²) in [6.45, 7) is 6.09. The Morgan fingerprint density at radius 2 is 1.84 bits per heavy atom. The molecule has 2 bridgehead atoms. The molecule has 3 fully saturated rings. The number of thiazole rings is 1. The Labute approximate surface area is 195 Å². The van der Waals surface area contributed by atoms with Crippen LogP contribution in [-0.2, 0) is 9.59 Å². The summed E-state index contributed by atoms with van der Waals surface area (Å²) in [5.74, 6) is -0.247. The third-order valence-corrected chi connectivity index (χ3v) is 9.09. The van der Waals surface area contributed by atoms with E-state index in [1.165, 1.54) is 11.3 Å². The number of halogens is 1. The number of hydrogen-bond donors (Lipinski definition) is 2. The van der Waals surface area contributed by atoms with Gasteiger partial charge in [-0.15, -0.1) is 0 Å². The van der Waals surface area contributed by atoms with Crippen molar-refractivity contribution < 1.29 is 9.59 Å². The van der Waals surface area contributed by atoms with Gasteiger partial charge in [-0.25, -0.2) is 4.98 Å². The van der Waals surface area contributed by atoms with Crippen LogP contribution in [0.4, 0.5) is 5.13 Å². The highest BCUT2D eigenvalue weighted by molar-refractivity contribution is 9.11. The van der Waals surface area contributed by atoms with Crippen LogP contribution in [0.25, 0.3) is 0 Å². The van der Waals surface area contributed by atoms with Crippen LogP contribution >= 0.6 is 27.3 Å². The van der Waals surface area contributed by atoms with Gasteiger partial charge in [-0.3, -0.25) is 9.59 Å². The van der Waals surface area contributed by atoms with Crippen LogP contribution in [0.2, 0.25) is 0 Å². The Bertz CT molecular complexity index is 877. The number of rotatable bonds is 7. The molecule has 0 aromatic carbocycles. The zero-order valence-electron chi connectivity index (χ0n) is 17.8. The highest BCUT2D eigenvalue weighted by Gasteiger charge is 2.69. The van der Waals surface area contributed by atoms with Crippen molar-refractivity contribution in [1.29, 1.82) is 0 Å². The van der Waals surface area contributed by atoms with E-state index in [0.29, 0.717) is 11.7 Å². The first-order valence-corrected chi connectivity index (χ1v) is 12.9. The molecular formula is C22H30BrN5O2S. The molecule has 31 heavy (non-hydrogen) atoms. The van der Waals surface area contributed by atoms with Crippen molar-refractivity contribution in [3.8, 4) is 0 Å². The molecule has 2 heterocycles. The van der Waals surface area contributed by atoms with Crippen LogP contribution < -0.4 is 10.6 Å². The average molecular weight is 508 g/mol. The number of amides is 2. The van der Waals surface area contributed by atoms with Gasteiger partial charge < -0.3 is 20.4 Å². The van der Waals surface area contributed by atoms with Crippen molar-refractivity contribution in [3.05, 3.63) is 22.1 Å². The highest BCUT2D eigenvalue weighted by Crippen LogP contribution is 2.72. The predicted molar refractivity (Wildman–Crippen MR) is 125 cm³/mol. The van der Waals surface area contributed by atoms with Crippen LogP contribution in [0, 0.1) is 29.1 Å². The number of hydrogen-bond acceptors (Lipinski definition) is 6. The van der Waals surface area contributed by atoms with Crippen molar-refractivity contribution in [2.45, 2.75) is 19.3 Å². The Kier molecular flexibility index (Phi) is 5.96. The van der Waals surface area contributed by atoms with Gasteiger partial charge in [0.05, 0.1) is 21.8 Å². The molecule has 9 heteroatoms. The van der Waals surface area contributed by atoms with Gasteiger partial charge in [0, 0.05) is 32.7 Å². The van der Waals surface area contributed by atoms with E-state index < -0.39 is 0 Å². The van der Waals surface area contributed by atoms with Crippen molar-refractivity contribution in [2.75, 3.05) is 51.6 Å². The van der Waals surface area contributed by atoms with Crippen molar-refractivity contribution >= 4 is 44.2 Å². The summed E-state index contributed by atoms with van der Waals surface area (Å²) in [4.78, 5) is 35.5. The topological polar surface area (TPSA) is 77.6 Å². The van der Waals surface area contributed by atoms with Gasteiger partial charge in [-0.2, -0.15) is 0 Å². The quantitative estimate of drug-likeness (QED) is 0.437. The van der Waals surface area contributed by atoms with Gasteiger partial charge in [0.15, 0.2) is 5.13 Å². The molecule has 2 N–H and O–H groups in total. The lowest BCUT2D eigenvalue weighted by Gasteiger charge is -2.32. The predicted octanol–water partition coefficient (Wildman–Crippen LogP) is 2.43. The molecule has 1 aromatic heterocycles. The first kappa shape index (κ1) is 21.6. The third kappa shape index (κ3) is 4.10. The molecular weight excluding hydrogens is 478 g/mol. The molecule has 168 valence electrons. The lowest BCUT2D eigenvalue weighted by Crippen LogP contribution is -2.45. The summed E-state index contributed by atoms with van der Waals surface area (Å²) in [7, 11) is 2.16. The Morgan fingerprint density at radius 1 is 1.16 bits per heavy atom. The summed E-state index contributed by atoms with van der Waals surface area (Å²) in [6.07, 6.45) is 9.27. The molecule has 2 saturated carbocycles. The number of likely N-dealkylation sites (N-methyl/N-ethyl adjacent to an activating group) is 1. The first-order chi connectivity index (χ1) is 15.0. The van der Waals surface area contributed by atoms with Gasteiger partial charge in [-0.05, 0) is 66.0 Å². The van der Waals surface area contributed by atoms with Gasteiger partial charge in [0.1, 0.15) is 0 Å². The second kappa shape index (κ2) is 8.57. The first-order valence-electron chi connectivity index (χ1n) is 11.3. The van der Waals surface area contributed by atoms with E-state index in [0.717, 1.165) is 55.8 Å². The number of nitrogens with zero attached hydrogens (tertiary/aromatic N) is 3. The van der Waals surface area contributed by atoms with Gasteiger partial charge >= 0.3 is 0 Å². The molecule has 1 spiro atoms. The zero-order valence-corrected chi connectivity index (χ0v) is 20.3. The second-order valence-corrected chi connectivity index (χ2v) is 11.9. The molecule has 5 rings (SSSR count). The van der Waals surface area contributed by atoms with E-state index in [4.69, 9.17) is 0 Å². The van der Waals surface area contributed by atoms with Crippen LogP contribution in [0.3, 0.4) is 0 Å². The van der Waals surface area contributed by atoms with E-state index in [2.05, 4.69) is 60.5 Å². The number of aromatic nitrogens is 1. The molecule has 1 aromatic rings. The summed E-state index contributed by atoms with van der Waals surface area (Å²) in [6, 6.07) is 0.